The molecule has 1 aromatic rings. The van der Waals surface area contributed by atoms with Crippen LogP contribution in [0.3, 0.4) is 0 Å². The maximum atomic E-state index is 13.0. The van der Waals surface area contributed by atoms with Crippen LogP contribution in [0.1, 0.15) is 33.6 Å². The Labute approximate surface area is 153 Å². The second kappa shape index (κ2) is 11.7. The van der Waals surface area contributed by atoms with Gasteiger partial charge in [0.05, 0.1) is 19.8 Å². The Kier molecular flexibility index (Phi) is 9.95. The van der Waals surface area contributed by atoms with Crippen molar-refractivity contribution in [2.45, 2.75) is 39.7 Å². The van der Waals surface area contributed by atoms with Gasteiger partial charge in [0.2, 0.25) is 0 Å². The fourth-order valence-corrected chi connectivity index (χ4v) is 3.58. The van der Waals surface area contributed by atoms with Crippen LogP contribution in [-0.2, 0) is 28.2 Å². The van der Waals surface area contributed by atoms with E-state index in [0.29, 0.717) is 5.75 Å². The number of hydrogen-bond acceptors (Lipinski definition) is 7. The average Bonchev–Trinajstić information content (AvgIpc) is 2.60. The van der Waals surface area contributed by atoms with Crippen molar-refractivity contribution >= 4 is 19.7 Å². The molecule has 0 amide bonds. The second-order valence-corrected chi connectivity index (χ2v) is 6.79. The summed E-state index contributed by atoms with van der Waals surface area (Å²) in [6.07, 6.45) is -0.00529. The van der Waals surface area contributed by atoms with Gasteiger partial charge in [0.15, 0.2) is 0 Å². The van der Waals surface area contributed by atoms with Crippen molar-refractivity contribution in [3.8, 4) is 5.75 Å². The molecule has 0 aliphatic rings. The van der Waals surface area contributed by atoms with Crippen LogP contribution in [0.5, 0.6) is 5.75 Å². The van der Waals surface area contributed by atoms with E-state index in [1.807, 2.05) is 0 Å². The summed E-state index contributed by atoms with van der Waals surface area (Å²) in [6.45, 7) is 5.49. The van der Waals surface area contributed by atoms with E-state index >= 15 is 0 Å². The molecule has 1 aromatic carbocycles. The van der Waals surface area contributed by atoms with E-state index in [0.717, 1.165) is 0 Å². The molecule has 0 aliphatic carbocycles. The molecule has 0 aromatic heterocycles. The van der Waals surface area contributed by atoms with Gasteiger partial charge in [0.25, 0.3) is 0 Å². The van der Waals surface area contributed by atoms with E-state index in [2.05, 4.69) is 5.09 Å². The topological polar surface area (TPSA) is 100 Å². The lowest BCUT2D eigenvalue weighted by atomic mass is 10.2. The molecule has 8 nitrogen and oxygen atoms in total. The highest BCUT2D eigenvalue weighted by atomic mass is 31.2. The van der Waals surface area contributed by atoms with Gasteiger partial charge in [-0.05, 0) is 39.3 Å². The Morgan fingerprint density at radius 1 is 1.04 bits per heavy atom. The van der Waals surface area contributed by atoms with Crippen LogP contribution < -0.4 is 9.61 Å². The lowest BCUT2D eigenvalue weighted by Gasteiger charge is -2.24. The molecule has 146 valence electrons. The number of esters is 2. The second-order valence-electron chi connectivity index (χ2n) is 5.10. The fourth-order valence-electron chi connectivity index (χ4n) is 2.04. The smallest absolute Gasteiger partial charge is 0.459 e. The summed E-state index contributed by atoms with van der Waals surface area (Å²) in [5.74, 6) is -0.781. The number of para-hydroxylation sites is 1. The van der Waals surface area contributed by atoms with Crippen LogP contribution in [0.4, 0.5) is 0 Å². The summed E-state index contributed by atoms with van der Waals surface area (Å²) in [5, 5.41) is 2.59. The summed E-state index contributed by atoms with van der Waals surface area (Å²) >= 11 is 0. The van der Waals surface area contributed by atoms with E-state index in [9.17, 15) is 14.2 Å². The molecule has 2 atom stereocenters. The fraction of sp³-hybridized carbons (Fsp3) is 0.529. The van der Waals surface area contributed by atoms with Gasteiger partial charge in [0.1, 0.15) is 11.8 Å². The Balaban J connectivity index is 2.89. The van der Waals surface area contributed by atoms with E-state index in [1.165, 1.54) is 0 Å². The number of rotatable bonds is 12. The highest BCUT2D eigenvalue weighted by Gasteiger charge is 2.34. The van der Waals surface area contributed by atoms with Crippen molar-refractivity contribution in [2.75, 3.05) is 19.8 Å². The van der Waals surface area contributed by atoms with Crippen LogP contribution in [0, 0.1) is 0 Å². The zero-order valence-corrected chi connectivity index (χ0v) is 16.2. The lowest BCUT2D eigenvalue weighted by Crippen LogP contribution is -2.38. The first-order chi connectivity index (χ1) is 12.4. The maximum absolute atomic E-state index is 13.0. The summed E-state index contributed by atoms with van der Waals surface area (Å²) in [5.41, 5.74) is 0. The molecule has 1 unspecified atom stereocenters. The standard InChI is InChI=1S/C17H26NO7P/c1-4-22-16(19)13-12-15(17(20)23-5-2)18-26(21,24-6-3)25-14-10-8-7-9-11-14/h7-11,15H,4-6,12-13H2,1-3H3,(H,18,21)/t15-,26?/m0/s1. The minimum absolute atomic E-state index is 0.0346. The molecule has 0 radical (unpaired) electrons. The number of carbonyl (C=O) groups is 2. The summed E-state index contributed by atoms with van der Waals surface area (Å²) in [4.78, 5) is 23.8. The first-order valence-corrected chi connectivity index (χ1v) is 10.1. The zero-order chi connectivity index (χ0) is 19.4. The first-order valence-electron chi connectivity index (χ1n) is 8.53. The van der Waals surface area contributed by atoms with E-state index in [1.54, 1.807) is 51.1 Å². The molecular weight excluding hydrogens is 361 g/mol. The van der Waals surface area contributed by atoms with Gasteiger partial charge < -0.3 is 14.0 Å². The van der Waals surface area contributed by atoms with Crippen molar-refractivity contribution in [1.29, 1.82) is 0 Å². The molecule has 26 heavy (non-hydrogen) atoms. The molecule has 9 heteroatoms. The molecule has 0 saturated heterocycles. The van der Waals surface area contributed by atoms with Crippen LogP contribution in [0.25, 0.3) is 0 Å². The molecule has 0 aliphatic heterocycles. The predicted octanol–water partition coefficient (Wildman–Crippen LogP) is 3.07. The van der Waals surface area contributed by atoms with Crippen molar-refractivity contribution in [2.24, 2.45) is 0 Å². The van der Waals surface area contributed by atoms with Gasteiger partial charge in [-0.2, -0.15) is 5.09 Å². The number of benzene rings is 1. The van der Waals surface area contributed by atoms with Crippen molar-refractivity contribution in [3.63, 3.8) is 0 Å². The Hall–Kier alpha value is -1.89. The normalized spacial score (nSPS) is 14.1. The van der Waals surface area contributed by atoms with Crippen LogP contribution in [-0.4, -0.2) is 37.8 Å². The lowest BCUT2D eigenvalue weighted by molar-refractivity contribution is -0.146. The monoisotopic (exact) mass is 387 g/mol. The molecular formula is C17H26NO7P. The van der Waals surface area contributed by atoms with Crippen molar-refractivity contribution in [3.05, 3.63) is 30.3 Å². The van der Waals surface area contributed by atoms with Gasteiger partial charge in [0, 0.05) is 6.42 Å². The Bertz CT molecular complexity index is 608. The van der Waals surface area contributed by atoms with Crippen molar-refractivity contribution < 1.29 is 32.7 Å². The number of nitrogens with one attached hydrogen (secondary N) is 1. The third kappa shape index (κ3) is 7.99. The maximum Gasteiger partial charge on any atom is 0.459 e. The van der Waals surface area contributed by atoms with E-state index < -0.39 is 25.7 Å². The molecule has 0 heterocycles. The third-order valence-corrected chi connectivity index (χ3v) is 4.77. The average molecular weight is 387 g/mol. The quantitative estimate of drug-likeness (QED) is 0.431. The van der Waals surface area contributed by atoms with E-state index in [4.69, 9.17) is 18.5 Å². The minimum Gasteiger partial charge on any atom is -0.466 e. The predicted molar refractivity (Wildman–Crippen MR) is 95.7 cm³/mol. The molecule has 0 spiro atoms. The molecule has 0 saturated carbocycles. The molecule has 1 N–H and O–H groups in total. The summed E-state index contributed by atoms with van der Waals surface area (Å²) < 4.78 is 33.5. The summed E-state index contributed by atoms with van der Waals surface area (Å²) in [7, 11) is -3.85. The van der Waals surface area contributed by atoms with Gasteiger partial charge in [-0.25, -0.2) is 4.57 Å². The molecule has 0 fully saturated rings. The number of carbonyl (C=O) groups excluding carboxylic acids is 2. The van der Waals surface area contributed by atoms with Crippen LogP contribution in [0.2, 0.25) is 0 Å². The van der Waals surface area contributed by atoms with Gasteiger partial charge in [-0.1, -0.05) is 18.2 Å². The largest absolute Gasteiger partial charge is 0.466 e. The number of hydrogen-bond donors (Lipinski definition) is 1. The number of ether oxygens (including phenoxy) is 2. The van der Waals surface area contributed by atoms with Crippen molar-refractivity contribution in [1.82, 2.24) is 5.09 Å². The highest BCUT2D eigenvalue weighted by molar-refractivity contribution is 7.52. The SMILES string of the molecule is CCOC(=O)CC[C@H](NP(=O)(OCC)Oc1ccccc1)C(=O)OCC. The highest BCUT2D eigenvalue weighted by Crippen LogP contribution is 2.45. The van der Waals surface area contributed by atoms with Gasteiger partial charge in [-0.15, -0.1) is 0 Å². The van der Waals surface area contributed by atoms with Gasteiger partial charge >= 0.3 is 19.7 Å². The zero-order valence-electron chi connectivity index (χ0n) is 15.3. The van der Waals surface area contributed by atoms with Gasteiger partial charge in [-0.3, -0.25) is 14.1 Å². The molecule has 0 bridgehead atoms. The Morgan fingerprint density at radius 2 is 1.69 bits per heavy atom. The van der Waals surface area contributed by atoms with Crippen LogP contribution in [0.15, 0.2) is 30.3 Å². The molecule has 1 rings (SSSR count). The third-order valence-electron chi connectivity index (χ3n) is 3.10. The first kappa shape index (κ1) is 22.2. The Morgan fingerprint density at radius 3 is 2.27 bits per heavy atom. The minimum atomic E-state index is -3.85. The van der Waals surface area contributed by atoms with Crippen LogP contribution >= 0.6 is 7.75 Å². The summed E-state index contributed by atoms with van der Waals surface area (Å²) in [6, 6.07) is 7.41. The van der Waals surface area contributed by atoms with E-state index in [-0.39, 0.29) is 32.7 Å².